The van der Waals surface area contributed by atoms with E-state index in [1.807, 2.05) is 18.5 Å². The molecule has 2 rings (SSSR count). The number of fused-ring (bicyclic) bond motifs is 1. The Labute approximate surface area is 110 Å². The summed E-state index contributed by atoms with van der Waals surface area (Å²) in [5, 5.41) is 4.33. The number of nitrogens with one attached hydrogen (secondary N) is 1. The molecular weight excluding hydrogens is 250 g/mol. The minimum Gasteiger partial charge on any atom is -0.369 e. The predicted molar refractivity (Wildman–Crippen MR) is 71.6 cm³/mol. The van der Waals surface area contributed by atoms with Crippen LogP contribution in [0.5, 0.6) is 0 Å². The summed E-state index contributed by atoms with van der Waals surface area (Å²) >= 11 is 5.29. The van der Waals surface area contributed by atoms with E-state index in [1.54, 1.807) is 18.5 Å². The van der Waals surface area contributed by atoms with Crippen molar-refractivity contribution in [2.75, 3.05) is 0 Å². The third-order valence-corrected chi connectivity index (χ3v) is 3.47. The molecule has 0 spiro atoms. The highest BCUT2D eigenvalue weighted by atomic mass is 32.1. The van der Waals surface area contributed by atoms with Gasteiger partial charge in [0, 0.05) is 13.6 Å². The first-order chi connectivity index (χ1) is 8.24. The Bertz CT molecular complexity index is 675. The molecule has 18 heavy (non-hydrogen) atoms. The minimum absolute atomic E-state index is 0.349. The van der Waals surface area contributed by atoms with Crippen molar-refractivity contribution in [1.82, 2.24) is 19.3 Å². The molecular formula is C11H17N5OS. The largest absolute Gasteiger partial charge is 0.369 e. The molecule has 0 radical (unpaired) electrons. The second-order valence-corrected chi connectivity index (χ2v) is 5.56. The number of carbonyl (C=O) groups is 1. The van der Waals surface area contributed by atoms with Gasteiger partial charge >= 0.3 is 0 Å². The van der Waals surface area contributed by atoms with Gasteiger partial charge in [0.25, 0.3) is 0 Å². The fourth-order valence-corrected chi connectivity index (χ4v) is 2.25. The van der Waals surface area contributed by atoms with E-state index in [2.05, 4.69) is 10.1 Å². The normalized spacial score (nSPS) is 12.2. The number of H-pyrrole nitrogens is 1. The van der Waals surface area contributed by atoms with Gasteiger partial charge in [-0.25, -0.2) is 0 Å². The molecule has 3 N–H and O–H groups in total. The Balaban J connectivity index is 2.61. The number of rotatable bonds is 3. The van der Waals surface area contributed by atoms with E-state index in [9.17, 15) is 4.79 Å². The molecule has 0 aromatic carbocycles. The van der Waals surface area contributed by atoms with Crippen molar-refractivity contribution >= 4 is 29.3 Å². The molecule has 0 bridgehead atoms. The van der Waals surface area contributed by atoms with Gasteiger partial charge in [-0.1, -0.05) is 0 Å². The standard InChI is InChI=1S/C11H17N5OS/c1-6-7-8(15(4)14-6)16(10(18)13-7)5-11(2,3)9(12)17/h5H2,1-4H3,(H2,12,17)(H,13,18). The molecule has 0 saturated heterocycles. The molecule has 0 saturated carbocycles. The lowest BCUT2D eigenvalue weighted by atomic mass is 9.93. The molecule has 0 aliphatic heterocycles. The number of hydrogen-bond donors (Lipinski definition) is 2. The van der Waals surface area contributed by atoms with Crippen LogP contribution in [-0.2, 0) is 18.4 Å². The van der Waals surface area contributed by atoms with E-state index in [1.165, 1.54) is 0 Å². The lowest BCUT2D eigenvalue weighted by molar-refractivity contribution is -0.126. The first-order valence-electron chi connectivity index (χ1n) is 5.66. The summed E-state index contributed by atoms with van der Waals surface area (Å²) in [5.41, 5.74) is 7.41. The Morgan fingerprint density at radius 1 is 1.56 bits per heavy atom. The van der Waals surface area contributed by atoms with Crippen LogP contribution in [0.15, 0.2) is 0 Å². The summed E-state index contributed by atoms with van der Waals surface area (Å²) in [7, 11) is 1.85. The SMILES string of the molecule is Cc1nn(C)c2c1[nH]c(=S)n2CC(C)(C)C(N)=O. The second-order valence-electron chi connectivity index (χ2n) is 5.17. The van der Waals surface area contributed by atoms with Crippen molar-refractivity contribution in [1.29, 1.82) is 0 Å². The van der Waals surface area contributed by atoms with Crippen LogP contribution in [0, 0.1) is 17.1 Å². The number of aromatic amines is 1. The van der Waals surface area contributed by atoms with Crippen LogP contribution in [0.3, 0.4) is 0 Å². The summed E-state index contributed by atoms with van der Waals surface area (Å²) < 4.78 is 4.21. The maximum Gasteiger partial charge on any atom is 0.224 e. The van der Waals surface area contributed by atoms with E-state index < -0.39 is 5.41 Å². The van der Waals surface area contributed by atoms with Crippen LogP contribution in [0.25, 0.3) is 11.2 Å². The number of imidazole rings is 1. The number of hydrogen-bond acceptors (Lipinski definition) is 3. The maximum absolute atomic E-state index is 11.4. The van der Waals surface area contributed by atoms with Crippen molar-refractivity contribution in [2.45, 2.75) is 27.3 Å². The zero-order chi connectivity index (χ0) is 13.7. The zero-order valence-electron chi connectivity index (χ0n) is 10.9. The number of nitrogens with zero attached hydrogens (tertiary/aromatic N) is 3. The van der Waals surface area contributed by atoms with Crippen molar-refractivity contribution < 1.29 is 4.79 Å². The van der Waals surface area contributed by atoms with Gasteiger partial charge in [-0.2, -0.15) is 5.10 Å². The Kier molecular flexibility index (Phi) is 2.81. The quantitative estimate of drug-likeness (QED) is 0.821. The topological polar surface area (TPSA) is 81.6 Å². The van der Waals surface area contributed by atoms with E-state index in [0.29, 0.717) is 11.3 Å². The third kappa shape index (κ3) is 1.84. The highest BCUT2D eigenvalue weighted by Crippen LogP contribution is 2.23. The lowest BCUT2D eigenvalue weighted by Gasteiger charge is -2.21. The number of carbonyl (C=O) groups excluding carboxylic acids is 1. The smallest absolute Gasteiger partial charge is 0.224 e. The highest BCUT2D eigenvalue weighted by Gasteiger charge is 2.27. The van der Waals surface area contributed by atoms with Crippen LogP contribution < -0.4 is 5.73 Å². The van der Waals surface area contributed by atoms with E-state index in [4.69, 9.17) is 18.0 Å². The van der Waals surface area contributed by atoms with E-state index >= 15 is 0 Å². The lowest BCUT2D eigenvalue weighted by Crippen LogP contribution is -2.35. The van der Waals surface area contributed by atoms with Crippen LogP contribution >= 0.6 is 12.2 Å². The van der Waals surface area contributed by atoms with Crippen molar-refractivity contribution in [3.63, 3.8) is 0 Å². The number of primary amides is 1. The van der Waals surface area contributed by atoms with Gasteiger partial charge in [0.15, 0.2) is 10.4 Å². The van der Waals surface area contributed by atoms with Gasteiger partial charge in [-0.05, 0) is 33.0 Å². The monoisotopic (exact) mass is 267 g/mol. The molecule has 0 aliphatic rings. The maximum atomic E-state index is 11.4. The third-order valence-electron chi connectivity index (χ3n) is 3.15. The first kappa shape index (κ1) is 12.8. The zero-order valence-corrected chi connectivity index (χ0v) is 11.8. The van der Waals surface area contributed by atoms with Crippen molar-refractivity contribution in [2.24, 2.45) is 18.2 Å². The van der Waals surface area contributed by atoms with Gasteiger partial charge in [0.05, 0.1) is 11.1 Å². The molecule has 0 unspecified atom stereocenters. The molecule has 2 heterocycles. The van der Waals surface area contributed by atoms with Crippen LogP contribution in [0.1, 0.15) is 19.5 Å². The molecule has 0 fully saturated rings. The number of aromatic nitrogens is 4. The second kappa shape index (κ2) is 3.94. The molecule has 98 valence electrons. The van der Waals surface area contributed by atoms with Gasteiger partial charge in [-0.15, -0.1) is 0 Å². The van der Waals surface area contributed by atoms with Crippen molar-refractivity contribution in [3.8, 4) is 0 Å². The van der Waals surface area contributed by atoms with Crippen LogP contribution in [0.2, 0.25) is 0 Å². The highest BCUT2D eigenvalue weighted by molar-refractivity contribution is 7.71. The summed E-state index contributed by atoms with van der Waals surface area (Å²) in [6.45, 7) is 5.95. The Morgan fingerprint density at radius 2 is 2.17 bits per heavy atom. The summed E-state index contributed by atoms with van der Waals surface area (Å²) in [4.78, 5) is 14.5. The molecule has 1 amide bonds. The Morgan fingerprint density at radius 3 is 2.72 bits per heavy atom. The van der Waals surface area contributed by atoms with Crippen molar-refractivity contribution in [3.05, 3.63) is 10.5 Å². The van der Waals surface area contributed by atoms with Gasteiger partial charge in [0.1, 0.15) is 5.52 Å². The molecule has 0 aliphatic carbocycles. The predicted octanol–water partition coefficient (Wildman–Crippen LogP) is 1.25. The average molecular weight is 267 g/mol. The van der Waals surface area contributed by atoms with E-state index in [-0.39, 0.29) is 5.91 Å². The number of amides is 1. The summed E-state index contributed by atoms with van der Waals surface area (Å²) in [5.74, 6) is -0.349. The molecule has 6 nitrogen and oxygen atoms in total. The molecule has 7 heteroatoms. The molecule has 2 aromatic rings. The molecule has 2 aromatic heterocycles. The average Bonchev–Trinajstić information content (AvgIpc) is 2.68. The van der Waals surface area contributed by atoms with Gasteiger partial charge in [-0.3, -0.25) is 9.48 Å². The fourth-order valence-electron chi connectivity index (χ4n) is 1.99. The summed E-state index contributed by atoms with van der Waals surface area (Å²) in [6, 6.07) is 0. The first-order valence-corrected chi connectivity index (χ1v) is 6.07. The van der Waals surface area contributed by atoms with Crippen LogP contribution in [-0.4, -0.2) is 25.2 Å². The number of aryl methyl sites for hydroxylation is 2. The van der Waals surface area contributed by atoms with Gasteiger partial charge < -0.3 is 15.3 Å². The molecule has 0 atom stereocenters. The Hall–Kier alpha value is -1.63. The number of nitrogens with two attached hydrogens (primary N) is 1. The van der Waals surface area contributed by atoms with Crippen LogP contribution in [0.4, 0.5) is 0 Å². The van der Waals surface area contributed by atoms with E-state index in [0.717, 1.165) is 16.9 Å². The summed E-state index contributed by atoms with van der Waals surface area (Å²) in [6.07, 6.45) is 0. The van der Waals surface area contributed by atoms with Gasteiger partial charge in [0.2, 0.25) is 5.91 Å². The minimum atomic E-state index is -0.661. The fraction of sp³-hybridized carbons (Fsp3) is 0.545.